The Morgan fingerprint density at radius 2 is 1.95 bits per heavy atom. The van der Waals surface area contributed by atoms with Gasteiger partial charge in [0.1, 0.15) is 0 Å². The summed E-state index contributed by atoms with van der Waals surface area (Å²) >= 11 is 0. The number of imidazole rings is 1. The molecule has 0 unspecified atom stereocenters. The molecule has 0 amide bonds. The number of aryl methyl sites for hydroxylation is 1. The summed E-state index contributed by atoms with van der Waals surface area (Å²) < 4.78 is 2.35. The van der Waals surface area contributed by atoms with E-state index in [0.717, 1.165) is 25.9 Å². The number of nitrogens with zero attached hydrogens (tertiary/aromatic N) is 2. The van der Waals surface area contributed by atoms with E-state index in [9.17, 15) is 0 Å². The Bertz CT molecular complexity index is 571. The monoisotopic (exact) mass is 269 g/mol. The van der Waals surface area contributed by atoms with Crippen LogP contribution in [0.2, 0.25) is 0 Å². The fraction of sp³-hybridized carbons (Fsp3) is 0.471. The van der Waals surface area contributed by atoms with Crippen molar-refractivity contribution in [3.63, 3.8) is 0 Å². The highest BCUT2D eigenvalue weighted by molar-refractivity contribution is 5.29. The van der Waals surface area contributed by atoms with E-state index >= 15 is 0 Å². The molecule has 0 atom stereocenters. The highest BCUT2D eigenvalue weighted by Gasteiger charge is 2.15. The van der Waals surface area contributed by atoms with Gasteiger partial charge >= 0.3 is 0 Å². The fourth-order valence-corrected chi connectivity index (χ4v) is 3.07. The molecule has 106 valence electrons. The predicted octanol–water partition coefficient (Wildman–Crippen LogP) is 2.57. The van der Waals surface area contributed by atoms with Gasteiger partial charge in [-0.1, -0.05) is 24.3 Å². The minimum atomic E-state index is 0.961. The van der Waals surface area contributed by atoms with Crippen LogP contribution in [-0.2, 0) is 25.8 Å². The van der Waals surface area contributed by atoms with Crippen molar-refractivity contribution < 1.29 is 0 Å². The second-order valence-electron chi connectivity index (χ2n) is 5.60. The third kappa shape index (κ3) is 2.78. The van der Waals surface area contributed by atoms with Crippen molar-refractivity contribution in [3.05, 3.63) is 53.1 Å². The molecule has 1 aromatic heterocycles. The van der Waals surface area contributed by atoms with Crippen LogP contribution in [0.1, 0.15) is 35.4 Å². The van der Waals surface area contributed by atoms with Crippen LogP contribution in [0.15, 0.2) is 30.6 Å². The third-order valence-electron chi connectivity index (χ3n) is 4.21. The average molecular weight is 269 g/mol. The molecule has 1 aliphatic rings. The van der Waals surface area contributed by atoms with E-state index in [1.54, 1.807) is 0 Å². The van der Waals surface area contributed by atoms with Gasteiger partial charge in [-0.25, -0.2) is 4.98 Å². The zero-order valence-corrected chi connectivity index (χ0v) is 12.2. The molecule has 20 heavy (non-hydrogen) atoms. The summed E-state index contributed by atoms with van der Waals surface area (Å²) in [5.41, 5.74) is 5.65. The lowest BCUT2D eigenvalue weighted by Crippen LogP contribution is -2.13. The van der Waals surface area contributed by atoms with E-state index < -0.39 is 0 Å². The van der Waals surface area contributed by atoms with Crippen molar-refractivity contribution in [1.29, 1.82) is 0 Å². The number of hydrogen-bond donors (Lipinski definition) is 1. The van der Waals surface area contributed by atoms with Gasteiger partial charge in [0.05, 0.1) is 12.0 Å². The number of benzene rings is 1. The van der Waals surface area contributed by atoms with Crippen LogP contribution in [0.3, 0.4) is 0 Å². The standard InChI is InChI=1S/C17H23N3/c1-18-11-10-14-6-2-3-7-15(14)12-20-13-19-16-8-4-5-9-17(16)20/h2-3,6-7,13,18H,4-5,8-12H2,1H3. The molecule has 1 aliphatic carbocycles. The summed E-state index contributed by atoms with van der Waals surface area (Å²) in [4.78, 5) is 4.60. The first-order valence-electron chi connectivity index (χ1n) is 7.62. The summed E-state index contributed by atoms with van der Waals surface area (Å²) in [6.07, 6.45) is 8.06. The molecule has 0 spiro atoms. The van der Waals surface area contributed by atoms with Crippen LogP contribution in [0, 0.1) is 0 Å². The van der Waals surface area contributed by atoms with Gasteiger partial charge in [-0.3, -0.25) is 0 Å². The predicted molar refractivity (Wildman–Crippen MR) is 82.0 cm³/mol. The number of rotatable bonds is 5. The molecule has 1 aromatic carbocycles. The van der Waals surface area contributed by atoms with Gasteiger partial charge in [0.25, 0.3) is 0 Å². The van der Waals surface area contributed by atoms with Crippen molar-refractivity contribution in [2.45, 2.75) is 38.6 Å². The first-order chi connectivity index (χ1) is 9.88. The Morgan fingerprint density at radius 3 is 2.80 bits per heavy atom. The van der Waals surface area contributed by atoms with Gasteiger partial charge in [-0.15, -0.1) is 0 Å². The molecule has 1 heterocycles. The second kappa shape index (κ2) is 6.23. The minimum Gasteiger partial charge on any atom is -0.330 e. The number of hydrogen-bond acceptors (Lipinski definition) is 2. The summed E-state index contributed by atoms with van der Waals surface area (Å²) in [7, 11) is 2.01. The molecule has 3 rings (SSSR count). The Balaban J connectivity index is 1.82. The largest absolute Gasteiger partial charge is 0.330 e. The van der Waals surface area contributed by atoms with Crippen molar-refractivity contribution >= 4 is 0 Å². The first kappa shape index (κ1) is 13.4. The van der Waals surface area contributed by atoms with Gasteiger partial charge in [-0.2, -0.15) is 0 Å². The van der Waals surface area contributed by atoms with E-state index in [1.807, 2.05) is 13.4 Å². The van der Waals surface area contributed by atoms with E-state index in [2.05, 4.69) is 39.1 Å². The number of nitrogens with one attached hydrogen (secondary N) is 1. The van der Waals surface area contributed by atoms with Crippen molar-refractivity contribution in [3.8, 4) is 0 Å². The molecular weight excluding hydrogens is 246 g/mol. The average Bonchev–Trinajstić information content (AvgIpc) is 2.90. The molecule has 0 radical (unpaired) electrons. The number of aromatic nitrogens is 2. The van der Waals surface area contributed by atoms with Gasteiger partial charge < -0.3 is 9.88 Å². The zero-order chi connectivity index (χ0) is 13.8. The lowest BCUT2D eigenvalue weighted by atomic mass is 10.0. The van der Waals surface area contributed by atoms with Crippen LogP contribution >= 0.6 is 0 Å². The second-order valence-corrected chi connectivity index (χ2v) is 5.60. The van der Waals surface area contributed by atoms with Gasteiger partial charge in [0.2, 0.25) is 0 Å². The molecule has 0 aliphatic heterocycles. The normalized spacial score (nSPS) is 14.2. The smallest absolute Gasteiger partial charge is 0.0954 e. The van der Waals surface area contributed by atoms with Crippen LogP contribution in [-0.4, -0.2) is 23.1 Å². The van der Waals surface area contributed by atoms with Crippen molar-refractivity contribution in [2.24, 2.45) is 0 Å². The maximum atomic E-state index is 4.60. The van der Waals surface area contributed by atoms with Crippen LogP contribution in [0.5, 0.6) is 0 Å². The van der Waals surface area contributed by atoms with Gasteiger partial charge in [0.15, 0.2) is 0 Å². The van der Waals surface area contributed by atoms with Crippen LogP contribution in [0.25, 0.3) is 0 Å². The summed E-state index contributed by atoms with van der Waals surface area (Å²) in [6, 6.07) is 8.77. The molecule has 3 nitrogen and oxygen atoms in total. The molecular formula is C17H23N3. The lowest BCUT2D eigenvalue weighted by Gasteiger charge is -2.16. The third-order valence-corrected chi connectivity index (χ3v) is 4.21. The molecule has 0 fully saturated rings. The van der Waals surface area contributed by atoms with E-state index in [4.69, 9.17) is 0 Å². The number of fused-ring (bicyclic) bond motifs is 1. The first-order valence-corrected chi connectivity index (χ1v) is 7.62. The van der Waals surface area contributed by atoms with Crippen LogP contribution < -0.4 is 5.32 Å². The molecule has 2 aromatic rings. The molecule has 0 bridgehead atoms. The maximum absolute atomic E-state index is 4.60. The molecule has 0 saturated heterocycles. The summed E-state index contributed by atoms with van der Waals surface area (Å²) in [5.74, 6) is 0. The SMILES string of the molecule is CNCCc1ccccc1Cn1cnc2c1CCCC2. The van der Waals surface area contributed by atoms with Crippen molar-refractivity contribution in [1.82, 2.24) is 14.9 Å². The molecule has 0 saturated carbocycles. The minimum absolute atomic E-state index is 0.961. The Hall–Kier alpha value is -1.61. The quantitative estimate of drug-likeness (QED) is 0.904. The van der Waals surface area contributed by atoms with Crippen molar-refractivity contribution in [2.75, 3.05) is 13.6 Å². The number of likely N-dealkylation sites (N-methyl/N-ethyl adjacent to an activating group) is 1. The highest BCUT2D eigenvalue weighted by Crippen LogP contribution is 2.21. The summed E-state index contributed by atoms with van der Waals surface area (Å²) in [6.45, 7) is 1.99. The molecule has 3 heteroatoms. The zero-order valence-electron chi connectivity index (χ0n) is 12.2. The Morgan fingerprint density at radius 1 is 1.15 bits per heavy atom. The lowest BCUT2D eigenvalue weighted by molar-refractivity contribution is 0.627. The molecule has 1 N–H and O–H groups in total. The Labute approximate surface area is 121 Å². The highest BCUT2D eigenvalue weighted by atomic mass is 15.1. The maximum Gasteiger partial charge on any atom is 0.0954 e. The Kier molecular flexibility index (Phi) is 4.16. The topological polar surface area (TPSA) is 29.9 Å². The summed E-state index contributed by atoms with van der Waals surface area (Å²) in [5, 5.41) is 3.23. The fourth-order valence-electron chi connectivity index (χ4n) is 3.07. The van der Waals surface area contributed by atoms with Crippen LogP contribution in [0.4, 0.5) is 0 Å². The van der Waals surface area contributed by atoms with E-state index in [0.29, 0.717) is 0 Å². The van der Waals surface area contributed by atoms with E-state index in [1.165, 1.54) is 41.8 Å². The van der Waals surface area contributed by atoms with E-state index in [-0.39, 0.29) is 0 Å². The van der Waals surface area contributed by atoms with Gasteiger partial charge in [-0.05, 0) is 56.8 Å². The van der Waals surface area contributed by atoms with Gasteiger partial charge in [0, 0.05) is 12.2 Å².